The van der Waals surface area contributed by atoms with Gasteiger partial charge in [-0.2, -0.15) is 0 Å². The third kappa shape index (κ3) is 1.99. The number of carbonyl (C=O) groups is 1. The number of amides is 1. The summed E-state index contributed by atoms with van der Waals surface area (Å²) < 4.78 is 0. The summed E-state index contributed by atoms with van der Waals surface area (Å²) in [6.45, 7) is 3.12. The van der Waals surface area contributed by atoms with Crippen molar-refractivity contribution in [2.24, 2.45) is 5.92 Å². The fourth-order valence-corrected chi connectivity index (χ4v) is 4.03. The van der Waals surface area contributed by atoms with Crippen molar-refractivity contribution in [1.82, 2.24) is 9.88 Å². The number of thiazole rings is 1. The Balaban J connectivity index is 1.73. The molecule has 0 N–H and O–H groups in total. The molecule has 2 fully saturated rings. The van der Waals surface area contributed by atoms with Crippen molar-refractivity contribution >= 4 is 17.2 Å². The summed E-state index contributed by atoms with van der Waals surface area (Å²) in [5.74, 6) is 0.990. The van der Waals surface area contributed by atoms with Crippen LogP contribution < -0.4 is 0 Å². The minimum Gasteiger partial charge on any atom is -0.335 e. The SMILES string of the molecule is CCCc1ncc(C(=O)N2CC3CCC2C3)s1. The standard InChI is InChI=1S/C13H18N2OS/c1-2-3-12-14-7-11(17-12)13(16)15-8-9-4-5-10(15)6-9/h7,9-10H,2-6,8H2,1H3. The first kappa shape index (κ1) is 11.2. The molecule has 1 saturated carbocycles. The molecule has 92 valence electrons. The lowest BCUT2D eigenvalue weighted by Gasteiger charge is -2.26. The molecular weight excluding hydrogens is 232 g/mol. The van der Waals surface area contributed by atoms with Crippen LogP contribution in [0.25, 0.3) is 0 Å². The molecule has 17 heavy (non-hydrogen) atoms. The summed E-state index contributed by atoms with van der Waals surface area (Å²) >= 11 is 1.58. The van der Waals surface area contributed by atoms with Crippen molar-refractivity contribution in [2.45, 2.75) is 45.1 Å². The van der Waals surface area contributed by atoms with Gasteiger partial charge in [0.1, 0.15) is 4.88 Å². The zero-order valence-corrected chi connectivity index (χ0v) is 11.0. The third-order valence-corrected chi connectivity index (χ3v) is 4.94. The molecule has 1 aliphatic carbocycles. The fraction of sp³-hybridized carbons (Fsp3) is 0.692. The number of piperidine rings is 1. The van der Waals surface area contributed by atoms with Crippen molar-refractivity contribution in [1.29, 1.82) is 0 Å². The van der Waals surface area contributed by atoms with Crippen molar-refractivity contribution in [3.63, 3.8) is 0 Å². The molecule has 1 amide bonds. The summed E-state index contributed by atoms with van der Waals surface area (Å²) in [5.41, 5.74) is 0. The Morgan fingerprint density at radius 2 is 2.47 bits per heavy atom. The molecule has 3 rings (SSSR count). The van der Waals surface area contributed by atoms with Gasteiger partial charge in [0, 0.05) is 12.6 Å². The van der Waals surface area contributed by atoms with E-state index in [1.165, 1.54) is 19.3 Å². The molecule has 1 aromatic heterocycles. The Bertz CT molecular complexity index is 429. The van der Waals surface area contributed by atoms with Crippen LogP contribution in [-0.4, -0.2) is 28.4 Å². The first-order chi connectivity index (χ1) is 8.28. The van der Waals surface area contributed by atoms with Crippen LogP contribution in [0.1, 0.15) is 47.3 Å². The number of carbonyl (C=O) groups excluding carboxylic acids is 1. The average Bonchev–Trinajstić information content (AvgIpc) is 3.03. The molecule has 0 radical (unpaired) electrons. The highest BCUT2D eigenvalue weighted by Gasteiger charge is 2.40. The molecule has 3 nitrogen and oxygen atoms in total. The van der Waals surface area contributed by atoms with Gasteiger partial charge in [-0.3, -0.25) is 4.79 Å². The van der Waals surface area contributed by atoms with Gasteiger partial charge in [0.15, 0.2) is 0 Å². The maximum absolute atomic E-state index is 12.4. The Morgan fingerprint density at radius 1 is 1.59 bits per heavy atom. The maximum Gasteiger partial charge on any atom is 0.265 e. The predicted octanol–water partition coefficient (Wildman–Crippen LogP) is 2.72. The molecule has 2 heterocycles. The Kier molecular flexibility index (Phi) is 2.90. The van der Waals surface area contributed by atoms with E-state index >= 15 is 0 Å². The highest BCUT2D eigenvalue weighted by atomic mass is 32.1. The van der Waals surface area contributed by atoms with E-state index in [4.69, 9.17) is 0 Å². The Morgan fingerprint density at radius 3 is 3.12 bits per heavy atom. The van der Waals surface area contributed by atoms with Gasteiger partial charge in [-0.05, 0) is 38.0 Å². The summed E-state index contributed by atoms with van der Waals surface area (Å²) in [5, 5.41) is 1.10. The first-order valence-electron chi connectivity index (χ1n) is 6.53. The summed E-state index contributed by atoms with van der Waals surface area (Å²) in [4.78, 5) is 19.6. The van der Waals surface area contributed by atoms with E-state index in [-0.39, 0.29) is 5.91 Å². The number of hydrogen-bond acceptors (Lipinski definition) is 3. The third-order valence-electron chi connectivity index (χ3n) is 3.90. The number of hydrogen-bond donors (Lipinski definition) is 0. The number of likely N-dealkylation sites (tertiary alicyclic amines) is 1. The minimum absolute atomic E-state index is 0.219. The Hall–Kier alpha value is -0.900. The summed E-state index contributed by atoms with van der Waals surface area (Å²) in [6.07, 6.45) is 7.60. The quantitative estimate of drug-likeness (QED) is 0.826. The van der Waals surface area contributed by atoms with Gasteiger partial charge in [-0.1, -0.05) is 6.92 Å². The van der Waals surface area contributed by atoms with Crippen LogP contribution in [0.4, 0.5) is 0 Å². The van der Waals surface area contributed by atoms with Crippen LogP contribution in [-0.2, 0) is 6.42 Å². The molecule has 2 bridgehead atoms. The van der Waals surface area contributed by atoms with Crippen molar-refractivity contribution in [3.8, 4) is 0 Å². The van der Waals surface area contributed by atoms with E-state index < -0.39 is 0 Å². The molecule has 2 atom stereocenters. The van der Waals surface area contributed by atoms with E-state index in [1.54, 1.807) is 17.5 Å². The average molecular weight is 250 g/mol. The molecule has 1 saturated heterocycles. The van der Waals surface area contributed by atoms with Crippen LogP contribution in [0.2, 0.25) is 0 Å². The highest BCUT2D eigenvalue weighted by Crippen LogP contribution is 2.38. The lowest BCUT2D eigenvalue weighted by Crippen LogP contribution is -2.37. The number of fused-ring (bicyclic) bond motifs is 2. The zero-order chi connectivity index (χ0) is 11.8. The van der Waals surface area contributed by atoms with Gasteiger partial charge in [-0.25, -0.2) is 4.98 Å². The van der Waals surface area contributed by atoms with Crippen LogP contribution >= 0.6 is 11.3 Å². The van der Waals surface area contributed by atoms with E-state index in [0.29, 0.717) is 6.04 Å². The number of aromatic nitrogens is 1. The van der Waals surface area contributed by atoms with E-state index in [1.807, 2.05) is 0 Å². The van der Waals surface area contributed by atoms with Gasteiger partial charge in [-0.15, -0.1) is 11.3 Å². The van der Waals surface area contributed by atoms with Gasteiger partial charge < -0.3 is 4.90 Å². The number of aryl methyl sites for hydroxylation is 1. The fourth-order valence-electron chi connectivity index (χ4n) is 3.05. The zero-order valence-electron chi connectivity index (χ0n) is 10.2. The molecular formula is C13H18N2OS. The van der Waals surface area contributed by atoms with Crippen molar-refractivity contribution in [2.75, 3.05) is 6.54 Å². The molecule has 1 aliphatic heterocycles. The normalized spacial score (nSPS) is 26.8. The number of rotatable bonds is 3. The van der Waals surface area contributed by atoms with Gasteiger partial charge in [0.2, 0.25) is 0 Å². The van der Waals surface area contributed by atoms with Crippen LogP contribution in [0, 0.1) is 5.92 Å². The number of nitrogens with zero attached hydrogens (tertiary/aromatic N) is 2. The second-order valence-electron chi connectivity index (χ2n) is 5.16. The monoisotopic (exact) mass is 250 g/mol. The highest BCUT2D eigenvalue weighted by molar-refractivity contribution is 7.13. The predicted molar refractivity (Wildman–Crippen MR) is 68.3 cm³/mol. The smallest absolute Gasteiger partial charge is 0.265 e. The Labute approximate surface area is 106 Å². The molecule has 4 heteroatoms. The lowest BCUT2D eigenvalue weighted by atomic mass is 10.1. The van der Waals surface area contributed by atoms with Crippen LogP contribution in [0.5, 0.6) is 0 Å². The van der Waals surface area contributed by atoms with E-state index in [2.05, 4.69) is 16.8 Å². The van der Waals surface area contributed by atoms with Gasteiger partial charge >= 0.3 is 0 Å². The minimum atomic E-state index is 0.219. The largest absolute Gasteiger partial charge is 0.335 e. The van der Waals surface area contributed by atoms with Crippen molar-refractivity contribution in [3.05, 3.63) is 16.1 Å². The van der Waals surface area contributed by atoms with Gasteiger partial charge in [0.25, 0.3) is 5.91 Å². The van der Waals surface area contributed by atoms with E-state index in [0.717, 1.165) is 35.2 Å². The van der Waals surface area contributed by atoms with Crippen molar-refractivity contribution < 1.29 is 4.79 Å². The molecule has 1 aromatic rings. The van der Waals surface area contributed by atoms with Crippen LogP contribution in [0.3, 0.4) is 0 Å². The van der Waals surface area contributed by atoms with E-state index in [9.17, 15) is 4.79 Å². The lowest BCUT2D eigenvalue weighted by molar-refractivity contribution is 0.0708. The van der Waals surface area contributed by atoms with Crippen LogP contribution in [0.15, 0.2) is 6.20 Å². The first-order valence-corrected chi connectivity index (χ1v) is 7.35. The maximum atomic E-state index is 12.4. The summed E-state index contributed by atoms with van der Waals surface area (Å²) in [6, 6.07) is 0.518. The topological polar surface area (TPSA) is 33.2 Å². The molecule has 2 unspecified atom stereocenters. The second kappa shape index (κ2) is 4.41. The second-order valence-corrected chi connectivity index (χ2v) is 6.27. The molecule has 0 aromatic carbocycles. The molecule has 0 spiro atoms. The van der Waals surface area contributed by atoms with Gasteiger partial charge in [0.05, 0.1) is 11.2 Å². The molecule has 2 aliphatic rings. The summed E-state index contributed by atoms with van der Waals surface area (Å²) in [7, 11) is 0.